The zero-order valence-corrected chi connectivity index (χ0v) is 14.0. The lowest BCUT2D eigenvalue weighted by molar-refractivity contribution is -0.0266. The van der Waals surface area contributed by atoms with Crippen molar-refractivity contribution in [1.82, 2.24) is 14.9 Å². The fourth-order valence-corrected chi connectivity index (χ4v) is 2.37. The van der Waals surface area contributed by atoms with Gasteiger partial charge >= 0.3 is 6.09 Å². The van der Waals surface area contributed by atoms with E-state index in [9.17, 15) is 4.79 Å². The molecule has 0 bridgehead atoms. The minimum atomic E-state index is -0.488. The summed E-state index contributed by atoms with van der Waals surface area (Å²) in [5.41, 5.74) is 0.122. The van der Waals surface area contributed by atoms with Crippen LogP contribution in [0.4, 0.5) is 4.79 Å². The van der Waals surface area contributed by atoms with E-state index in [2.05, 4.69) is 9.97 Å². The van der Waals surface area contributed by atoms with Gasteiger partial charge in [0.1, 0.15) is 11.3 Å². The van der Waals surface area contributed by atoms with Crippen LogP contribution in [0.3, 0.4) is 0 Å². The number of carbonyl (C=O) groups is 1. The van der Waals surface area contributed by atoms with E-state index in [1.165, 1.54) is 6.20 Å². The van der Waals surface area contributed by atoms with Crippen molar-refractivity contribution in [1.29, 1.82) is 0 Å². The zero-order chi connectivity index (χ0) is 16.2. The third kappa shape index (κ3) is 5.10. The smallest absolute Gasteiger partial charge is 0.410 e. The Kier molecular flexibility index (Phi) is 5.58. The largest absolute Gasteiger partial charge is 0.444 e. The molecule has 1 amide bonds. The molecule has 1 unspecified atom stereocenters. The van der Waals surface area contributed by atoms with Crippen molar-refractivity contribution in [2.24, 2.45) is 0 Å². The number of piperidine rings is 1. The van der Waals surface area contributed by atoms with Crippen LogP contribution < -0.4 is 0 Å². The first-order valence-electron chi connectivity index (χ1n) is 7.40. The summed E-state index contributed by atoms with van der Waals surface area (Å²) in [6.45, 7) is 7.09. The summed E-state index contributed by atoms with van der Waals surface area (Å²) >= 11 is 5.96. The summed E-state index contributed by atoms with van der Waals surface area (Å²) in [5, 5.41) is 0.349. The molecule has 1 saturated heterocycles. The Morgan fingerprint density at radius 1 is 1.41 bits per heavy atom. The molecule has 0 radical (unpaired) electrons. The topological polar surface area (TPSA) is 64.5 Å². The standard InChI is InChI=1S/C15H22ClN3O3/c1-15(2,3)22-14(20)19-8-4-5-11(9-19)21-10-12-13(16)18-7-6-17-12/h6-7,11H,4-5,8-10H2,1-3H3. The van der Waals surface area contributed by atoms with Gasteiger partial charge in [0.25, 0.3) is 0 Å². The summed E-state index contributed by atoms with van der Waals surface area (Å²) in [5.74, 6) is 0. The first-order chi connectivity index (χ1) is 10.3. The van der Waals surface area contributed by atoms with Gasteiger partial charge in [0.15, 0.2) is 5.15 Å². The Morgan fingerprint density at radius 3 is 2.82 bits per heavy atom. The molecule has 22 heavy (non-hydrogen) atoms. The van der Waals surface area contributed by atoms with E-state index in [4.69, 9.17) is 21.1 Å². The average Bonchev–Trinajstić information content (AvgIpc) is 2.45. The van der Waals surface area contributed by atoms with Crippen LogP contribution in [0.1, 0.15) is 39.3 Å². The van der Waals surface area contributed by atoms with E-state index in [1.54, 1.807) is 11.1 Å². The number of carbonyl (C=O) groups excluding carboxylic acids is 1. The van der Waals surface area contributed by atoms with Gasteiger partial charge in [0.2, 0.25) is 0 Å². The maximum absolute atomic E-state index is 12.1. The normalized spacial score (nSPS) is 19.1. The van der Waals surface area contributed by atoms with Crippen molar-refractivity contribution in [2.45, 2.75) is 51.9 Å². The maximum atomic E-state index is 12.1. The fraction of sp³-hybridized carbons (Fsp3) is 0.667. The molecule has 1 aliphatic heterocycles. The number of hydrogen-bond acceptors (Lipinski definition) is 5. The van der Waals surface area contributed by atoms with Gasteiger partial charge in [-0.25, -0.2) is 9.78 Å². The number of likely N-dealkylation sites (tertiary alicyclic amines) is 1. The number of aromatic nitrogens is 2. The van der Waals surface area contributed by atoms with E-state index < -0.39 is 5.60 Å². The summed E-state index contributed by atoms with van der Waals surface area (Å²) in [6.07, 6.45) is 4.57. The van der Waals surface area contributed by atoms with Crippen molar-refractivity contribution in [3.8, 4) is 0 Å². The van der Waals surface area contributed by atoms with Gasteiger partial charge in [-0.1, -0.05) is 11.6 Å². The van der Waals surface area contributed by atoms with Crippen LogP contribution in [0.15, 0.2) is 12.4 Å². The zero-order valence-electron chi connectivity index (χ0n) is 13.2. The van der Waals surface area contributed by atoms with Gasteiger partial charge in [-0.3, -0.25) is 4.98 Å². The number of halogens is 1. The minimum absolute atomic E-state index is 0.0423. The molecule has 0 spiro atoms. The monoisotopic (exact) mass is 327 g/mol. The van der Waals surface area contributed by atoms with E-state index in [-0.39, 0.29) is 12.2 Å². The number of nitrogens with zero attached hydrogens (tertiary/aromatic N) is 3. The molecule has 2 heterocycles. The van der Waals surface area contributed by atoms with Gasteiger partial charge in [0.05, 0.1) is 19.3 Å². The number of amides is 1. The molecule has 0 aliphatic carbocycles. The predicted octanol–water partition coefficient (Wildman–Crippen LogP) is 3.05. The van der Waals surface area contributed by atoms with E-state index >= 15 is 0 Å². The predicted molar refractivity (Wildman–Crippen MR) is 82.7 cm³/mol. The molecule has 7 heteroatoms. The molecular weight excluding hydrogens is 306 g/mol. The van der Waals surface area contributed by atoms with E-state index in [0.717, 1.165) is 12.8 Å². The maximum Gasteiger partial charge on any atom is 0.410 e. The first kappa shape index (κ1) is 17.0. The third-order valence-electron chi connectivity index (χ3n) is 3.21. The lowest BCUT2D eigenvalue weighted by Gasteiger charge is -2.34. The Bertz CT molecular complexity index is 519. The second-order valence-electron chi connectivity index (χ2n) is 6.30. The number of rotatable bonds is 3. The summed E-state index contributed by atoms with van der Waals surface area (Å²) < 4.78 is 11.2. The van der Waals surface area contributed by atoms with Crippen LogP contribution in [0.25, 0.3) is 0 Å². The van der Waals surface area contributed by atoms with Crippen molar-refractivity contribution < 1.29 is 14.3 Å². The SMILES string of the molecule is CC(C)(C)OC(=O)N1CCCC(OCc2nccnc2Cl)C1. The van der Waals surface area contributed by atoms with E-state index in [1.807, 2.05) is 20.8 Å². The van der Waals surface area contributed by atoms with Crippen LogP contribution in [0.2, 0.25) is 5.15 Å². The van der Waals surface area contributed by atoms with Crippen LogP contribution >= 0.6 is 11.6 Å². The quantitative estimate of drug-likeness (QED) is 0.853. The van der Waals surface area contributed by atoms with Crippen LogP contribution in [-0.2, 0) is 16.1 Å². The van der Waals surface area contributed by atoms with E-state index in [0.29, 0.717) is 30.5 Å². The van der Waals surface area contributed by atoms with Gasteiger partial charge < -0.3 is 14.4 Å². The average molecular weight is 328 g/mol. The Balaban J connectivity index is 1.86. The van der Waals surface area contributed by atoms with Crippen molar-refractivity contribution in [3.05, 3.63) is 23.2 Å². The van der Waals surface area contributed by atoms with Crippen molar-refractivity contribution >= 4 is 17.7 Å². The fourth-order valence-electron chi connectivity index (χ4n) is 2.21. The summed E-state index contributed by atoms with van der Waals surface area (Å²) in [7, 11) is 0. The van der Waals surface area contributed by atoms with Crippen LogP contribution in [-0.4, -0.2) is 45.8 Å². The molecule has 6 nitrogen and oxygen atoms in total. The van der Waals surface area contributed by atoms with Crippen LogP contribution in [0.5, 0.6) is 0 Å². The van der Waals surface area contributed by atoms with Gasteiger partial charge in [-0.2, -0.15) is 0 Å². The molecule has 122 valence electrons. The molecule has 0 aromatic carbocycles. The minimum Gasteiger partial charge on any atom is -0.444 e. The highest BCUT2D eigenvalue weighted by Gasteiger charge is 2.28. The third-order valence-corrected chi connectivity index (χ3v) is 3.52. The highest BCUT2D eigenvalue weighted by atomic mass is 35.5. The molecule has 1 aromatic rings. The molecule has 1 aliphatic rings. The van der Waals surface area contributed by atoms with Crippen LogP contribution in [0, 0.1) is 0 Å². The van der Waals surface area contributed by atoms with Gasteiger partial charge in [-0.15, -0.1) is 0 Å². The number of hydrogen-bond donors (Lipinski definition) is 0. The summed E-state index contributed by atoms with van der Waals surface area (Å²) in [6, 6.07) is 0. The molecule has 0 saturated carbocycles. The van der Waals surface area contributed by atoms with Gasteiger partial charge in [-0.05, 0) is 33.6 Å². The number of ether oxygens (including phenoxy) is 2. The summed E-state index contributed by atoms with van der Waals surface area (Å²) in [4.78, 5) is 21.9. The highest BCUT2D eigenvalue weighted by Crippen LogP contribution is 2.19. The molecular formula is C15H22ClN3O3. The van der Waals surface area contributed by atoms with Crippen molar-refractivity contribution in [3.63, 3.8) is 0 Å². The lowest BCUT2D eigenvalue weighted by atomic mass is 10.1. The molecule has 2 rings (SSSR count). The second-order valence-corrected chi connectivity index (χ2v) is 6.65. The lowest BCUT2D eigenvalue weighted by Crippen LogP contribution is -2.45. The Hall–Kier alpha value is -1.40. The highest BCUT2D eigenvalue weighted by molar-refractivity contribution is 6.29. The van der Waals surface area contributed by atoms with Crippen molar-refractivity contribution in [2.75, 3.05) is 13.1 Å². The first-order valence-corrected chi connectivity index (χ1v) is 7.78. The molecule has 1 fully saturated rings. The molecule has 1 atom stereocenters. The Morgan fingerprint density at radius 2 is 2.14 bits per heavy atom. The second kappa shape index (κ2) is 7.24. The Labute approximate surface area is 135 Å². The van der Waals surface area contributed by atoms with Gasteiger partial charge in [0, 0.05) is 18.9 Å². The molecule has 1 aromatic heterocycles. The molecule has 0 N–H and O–H groups in total.